The predicted molar refractivity (Wildman–Crippen MR) is 53.7 cm³/mol. The number of benzene rings is 1. The van der Waals surface area contributed by atoms with E-state index >= 15 is 0 Å². The van der Waals surface area contributed by atoms with Gasteiger partial charge in [-0.2, -0.15) is 0 Å². The third-order valence-corrected chi connectivity index (χ3v) is 2.69. The molecule has 0 aliphatic rings. The van der Waals surface area contributed by atoms with Gasteiger partial charge in [-0.1, -0.05) is 27.5 Å². The molecule has 0 spiro atoms. The molecule has 62 valence electrons. The minimum atomic E-state index is 0.654. The molecule has 0 aliphatic heterocycles. The van der Waals surface area contributed by atoms with Crippen molar-refractivity contribution < 1.29 is 4.42 Å². The largest absolute Gasteiger partial charge is 0.460 e. The maximum Gasteiger partial charge on any atom is 0.153 e. The molecular weight excluding hydrogens is 239 g/mol. The lowest BCUT2D eigenvalue weighted by atomic mass is 10.2. The van der Waals surface area contributed by atoms with Crippen molar-refractivity contribution in [1.82, 2.24) is 0 Å². The molecule has 0 bridgehead atoms. The number of rotatable bonds is 0. The zero-order valence-electron chi connectivity index (χ0n) is 6.40. The van der Waals surface area contributed by atoms with Crippen LogP contribution in [-0.4, -0.2) is 0 Å². The molecule has 1 aromatic carbocycles. The summed E-state index contributed by atoms with van der Waals surface area (Å²) < 4.78 is 6.43. The van der Waals surface area contributed by atoms with Crippen LogP contribution in [0.5, 0.6) is 0 Å². The van der Waals surface area contributed by atoms with Crippen molar-refractivity contribution in [3.05, 3.63) is 33.5 Å². The van der Waals surface area contributed by atoms with E-state index in [-0.39, 0.29) is 0 Å². The number of hydrogen-bond donors (Lipinski definition) is 0. The van der Waals surface area contributed by atoms with Crippen LogP contribution in [0.3, 0.4) is 0 Å². The summed E-state index contributed by atoms with van der Waals surface area (Å²) in [6, 6.07) is 5.70. The molecule has 0 amide bonds. The van der Waals surface area contributed by atoms with Gasteiger partial charge in [0.05, 0.1) is 5.02 Å². The van der Waals surface area contributed by atoms with E-state index in [4.69, 9.17) is 16.0 Å². The predicted octanol–water partition coefficient (Wildman–Crippen LogP) is 4.16. The number of halogens is 2. The molecule has 1 aromatic heterocycles. The summed E-state index contributed by atoms with van der Waals surface area (Å²) in [7, 11) is 0. The zero-order valence-corrected chi connectivity index (χ0v) is 8.74. The SMILES string of the molecule is Cc1cc2c(Br)ccc(Cl)c2o1. The van der Waals surface area contributed by atoms with Crippen LogP contribution in [0.4, 0.5) is 0 Å². The van der Waals surface area contributed by atoms with Crippen molar-refractivity contribution in [2.75, 3.05) is 0 Å². The Morgan fingerprint density at radius 2 is 2.17 bits per heavy atom. The molecule has 0 aliphatic carbocycles. The average Bonchev–Trinajstić information content (AvgIpc) is 2.41. The molecule has 0 unspecified atom stereocenters. The van der Waals surface area contributed by atoms with Gasteiger partial charge >= 0.3 is 0 Å². The highest BCUT2D eigenvalue weighted by Gasteiger charge is 2.07. The van der Waals surface area contributed by atoms with Gasteiger partial charge in [-0.3, -0.25) is 0 Å². The Bertz CT molecular complexity index is 394. The van der Waals surface area contributed by atoms with Crippen LogP contribution in [0, 0.1) is 6.92 Å². The van der Waals surface area contributed by atoms with Crippen molar-refractivity contribution in [2.24, 2.45) is 0 Å². The van der Waals surface area contributed by atoms with Crippen molar-refractivity contribution in [3.63, 3.8) is 0 Å². The second-order valence-electron chi connectivity index (χ2n) is 2.63. The van der Waals surface area contributed by atoms with E-state index in [9.17, 15) is 0 Å². The molecule has 3 heteroatoms. The van der Waals surface area contributed by atoms with Crippen molar-refractivity contribution in [3.8, 4) is 0 Å². The van der Waals surface area contributed by atoms with Crippen LogP contribution in [-0.2, 0) is 0 Å². The standard InChI is InChI=1S/C9H6BrClO/c1-5-4-6-7(10)2-3-8(11)9(6)12-5/h2-4H,1H3. The molecule has 0 saturated carbocycles. The summed E-state index contributed by atoms with van der Waals surface area (Å²) in [5.41, 5.74) is 0.753. The number of hydrogen-bond acceptors (Lipinski definition) is 1. The van der Waals surface area contributed by atoms with Gasteiger partial charge in [0.2, 0.25) is 0 Å². The van der Waals surface area contributed by atoms with Crippen LogP contribution in [0.2, 0.25) is 5.02 Å². The van der Waals surface area contributed by atoms with E-state index in [1.165, 1.54) is 0 Å². The van der Waals surface area contributed by atoms with Gasteiger partial charge in [0.15, 0.2) is 5.58 Å². The highest BCUT2D eigenvalue weighted by Crippen LogP contribution is 2.32. The van der Waals surface area contributed by atoms with E-state index < -0.39 is 0 Å². The minimum absolute atomic E-state index is 0.654. The second kappa shape index (κ2) is 2.79. The van der Waals surface area contributed by atoms with E-state index in [2.05, 4.69) is 15.9 Å². The molecule has 0 radical (unpaired) electrons. The molecule has 0 fully saturated rings. The van der Waals surface area contributed by atoms with E-state index in [0.29, 0.717) is 5.02 Å². The summed E-state index contributed by atoms with van der Waals surface area (Å²) >= 11 is 9.35. The lowest BCUT2D eigenvalue weighted by Crippen LogP contribution is -1.68. The Morgan fingerprint density at radius 3 is 2.83 bits per heavy atom. The van der Waals surface area contributed by atoms with E-state index in [0.717, 1.165) is 21.2 Å². The minimum Gasteiger partial charge on any atom is -0.460 e. The van der Waals surface area contributed by atoms with E-state index in [1.54, 1.807) is 0 Å². The smallest absolute Gasteiger partial charge is 0.153 e. The second-order valence-corrected chi connectivity index (χ2v) is 3.89. The molecule has 2 rings (SSSR count). The summed E-state index contributed by atoms with van der Waals surface area (Å²) in [4.78, 5) is 0. The van der Waals surface area contributed by atoms with Crippen LogP contribution < -0.4 is 0 Å². The first kappa shape index (κ1) is 8.14. The van der Waals surface area contributed by atoms with Gasteiger partial charge in [0.25, 0.3) is 0 Å². The molecule has 0 atom stereocenters. The molecule has 0 saturated heterocycles. The fraction of sp³-hybridized carbons (Fsp3) is 0.111. The average molecular weight is 246 g/mol. The van der Waals surface area contributed by atoms with Crippen LogP contribution in [0.25, 0.3) is 11.0 Å². The van der Waals surface area contributed by atoms with Gasteiger partial charge in [0.1, 0.15) is 5.76 Å². The monoisotopic (exact) mass is 244 g/mol. The Kier molecular flexibility index (Phi) is 1.89. The Morgan fingerprint density at radius 1 is 1.42 bits per heavy atom. The zero-order chi connectivity index (χ0) is 8.72. The Labute approximate surface area is 83.4 Å². The quantitative estimate of drug-likeness (QED) is 0.679. The number of fused-ring (bicyclic) bond motifs is 1. The molecule has 1 nitrogen and oxygen atoms in total. The van der Waals surface area contributed by atoms with Gasteiger partial charge in [0, 0.05) is 9.86 Å². The first-order valence-corrected chi connectivity index (χ1v) is 4.70. The van der Waals surface area contributed by atoms with Gasteiger partial charge < -0.3 is 4.42 Å². The van der Waals surface area contributed by atoms with E-state index in [1.807, 2.05) is 25.1 Å². The molecule has 1 heterocycles. The number of furan rings is 1. The van der Waals surface area contributed by atoms with Crippen LogP contribution in [0.15, 0.2) is 27.1 Å². The normalized spacial score (nSPS) is 10.9. The fourth-order valence-corrected chi connectivity index (χ4v) is 1.81. The van der Waals surface area contributed by atoms with Crippen molar-refractivity contribution in [2.45, 2.75) is 6.92 Å². The highest BCUT2D eigenvalue weighted by molar-refractivity contribution is 9.10. The van der Waals surface area contributed by atoms with Crippen molar-refractivity contribution in [1.29, 1.82) is 0 Å². The van der Waals surface area contributed by atoms with Gasteiger partial charge in [-0.05, 0) is 25.1 Å². The summed E-state index contributed by atoms with van der Waals surface area (Å²) in [5.74, 6) is 0.874. The van der Waals surface area contributed by atoms with Gasteiger partial charge in [-0.15, -0.1) is 0 Å². The Hall–Kier alpha value is -0.470. The number of aryl methyl sites for hydroxylation is 1. The topological polar surface area (TPSA) is 13.1 Å². The van der Waals surface area contributed by atoms with Crippen molar-refractivity contribution >= 4 is 38.5 Å². The van der Waals surface area contributed by atoms with Crippen LogP contribution in [0.1, 0.15) is 5.76 Å². The fourth-order valence-electron chi connectivity index (χ4n) is 1.18. The lowest BCUT2D eigenvalue weighted by Gasteiger charge is -1.93. The molecule has 0 N–H and O–H groups in total. The summed E-state index contributed by atoms with van der Waals surface area (Å²) in [6.07, 6.45) is 0. The highest BCUT2D eigenvalue weighted by atomic mass is 79.9. The summed E-state index contributed by atoms with van der Waals surface area (Å²) in [6.45, 7) is 1.91. The third-order valence-electron chi connectivity index (χ3n) is 1.71. The van der Waals surface area contributed by atoms with Crippen LogP contribution >= 0.6 is 27.5 Å². The first-order chi connectivity index (χ1) is 5.68. The third kappa shape index (κ3) is 1.15. The molecule has 12 heavy (non-hydrogen) atoms. The maximum atomic E-state index is 5.93. The summed E-state index contributed by atoms with van der Waals surface area (Å²) in [5, 5.41) is 1.68. The Balaban J connectivity index is 2.93. The molecular formula is C9H6BrClO. The maximum absolute atomic E-state index is 5.93. The molecule has 2 aromatic rings. The van der Waals surface area contributed by atoms with Gasteiger partial charge in [-0.25, -0.2) is 0 Å². The lowest BCUT2D eigenvalue weighted by molar-refractivity contribution is 0.578. The first-order valence-electron chi connectivity index (χ1n) is 3.52.